The molecule has 1 aromatic heterocycles. The van der Waals surface area contributed by atoms with E-state index in [2.05, 4.69) is 10.3 Å². The van der Waals surface area contributed by atoms with Crippen LogP contribution in [0.25, 0.3) is 10.9 Å². The first-order valence-corrected chi connectivity index (χ1v) is 13.8. The average molecular weight is 562 g/mol. The molecule has 3 N–H and O–H groups in total. The number of hydroxylamine groups is 1. The zero-order chi connectivity index (χ0) is 28.8. The Morgan fingerprint density at radius 2 is 1.80 bits per heavy atom. The molecule has 0 saturated carbocycles. The molecule has 3 aromatic rings. The summed E-state index contributed by atoms with van der Waals surface area (Å²) < 4.78 is 11.4. The summed E-state index contributed by atoms with van der Waals surface area (Å²) >= 11 is 0. The summed E-state index contributed by atoms with van der Waals surface area (Å²) in [6.07, 6.45) is 0.468. The molecule has 2 aliphatic rings. The highest BCUT2D eigenvalue weighted by molar-refractivity contribution is 5.94. The van der Waals surface area contributed by atoms with Gasteiger partial charge in [0.25, 0.3) is 5.91 Å². The molecule has 2 atom stereocenters. The smallest absolute Gasteiger partial charge is 0.320 e. The van der Waals surface area contributed by atoms with E-state index in [1.807, 2.05) is 37.3 Å². The third-order valence-electron chi connectivity index (χ3n) is 7.62. The van der Waals surface area contributed by atoms with Crippen LogP contribution in [0, 0.1) is 12.8 Å². The monoisotopic (exact) mass is 561 g/mol. The number of hydrogen-bond acceptors (Lipinski definition) is 7. The first kappa shape index (κ1) is 28.3. The van der Waals surface area contributed by atoms with E-state index in [0.717, 1.165) is 22.2 Å². The Morgan fingerprint density at radius 3 is 2.56 bits per heavy atom. The first-order chi connectivity index (χ1) is 19.9. The predicted octanol–water partition coefficient (Wildman–Crippen LogP) is 2.89. The number of piperidine rings is 1. The van der Waals surface area contributed by atoms with Crippen molar-refractivity contribution in [3.05, 3.63) is 71.4 Å². The van der Waals surface area contributed by atoms with E-state index < -0.39 is 5.91 Å². The van der Waals surface area contributed by atoms with Crippen molar-refractivity contribution in [2.75, 3.05) is 39.4 Å². The third kappa shape index (κ3) is 6.93. The predicted molar refractivity (Wildman–Crippen MR) is 151 cm³/mol. The van der Waals surface area contributed by atoms with Crippen LogP contribution in [-0.2, 0) is 16.1 Å². The molecular formula is C30H35N5O6. The number of fused-ring (bicyclic) bond motifs is 1. The van der Waals surface area contributed by atoms with Crippen LogP contribution >= 0.6 is 0 Å². The van der Waals surface area contributed by atoms with Gasteiger partial charge in [0.15, 0.2) is 0 Å². The second-order valence-corrected chi connectivity index (χ2v) is 10.4. The van der Waals surface area contributed by atoms with Crippen molar-refractivity contribution >= 4 is 28.7 Å². The van der Waals surface area contributed by atoms with Crippen molar-refractivity contribution in [3.8, 4) is 5.75 Å². The van der Waals surface area contributed by atoms with E-state index in [1.54, 1.807) is 39.5 Å². The van der Waals surface area contributed by atoms with Crippen molar-refractivity contribution in [2.24, 2.45) is 5.92 Å². The lowest BCUT2D eigenvalue weighted by Crippen LogP contribution is -2.57. The molecule has 0 bridgehead atoms. The largest absolute Gasteiger partial charge is 0.489 e. The lowest BCUT2D eigenvalue weighted by molar-refractivity contribution is -0.130. The molecule has 0 radical (unpaired) electrons. The zero-order valence-electron chi connectivity index (χ0n) is 23.0. The van der Waals surface area contributed by atoms with Gasteiger partial charge in [-0.05, 0) is 49.7 Å². The van der Waals surface area contributed by atoms with Gasteiger partial charge in [0, 0.05) is 66.8 Å². The summed E-state index contributed by atoms with van der Waals surface area (Å²) in [5.41, 5.74) is 5.00. The van der Waals surface area contributed by atoms with Crippen LogP contribution in [0.1, 0.15) is 34.5 Å². The van der Waals surface area contributed by atoms with Crippen molar-refractivity contribution < 1.29 is 29.1 Å². The molecule has 41 heavy (non-hydrogen) atoms. The molecular weight excluding hydrogens is 526 g/mol. The summed E-state index contributed by atoms with van der Waals surface area (Å²) in [6.45, 7) is 5.11. The number of amides is 4. The molecule has 4 amide bonds. The summed E-state index contributed by atoms with van der Waals surface area (Å²) in [5, 5.41) is 13.2. The molecule has 2 aliphatic heterocycles. The molecule has 3 heterocycles. The second-order valence-electron chi connectivity index (χ2n) is 10.4. The minimum Gasteiger partial charge on any atom is -0.489 e. The van der Waals surface area contributed by atoms with Crippen LogP contribution in [-0.4, -0.2) is 83.3 Å². The Bertz CT molecular complexity index is 1390. The standard InChI is InChI=1S/C30H35N5O6/c1-20-16-23(25-4-2-3-5-27(25)31-20)19-41-24-8-6-21(7-9-24)29(37)32-26-10-11-35(18-22(26)17-28(36)33-39)30(38)34-12-14-40-15-13-34/h2-9,16,22,26,39H,10-15,17-19H2,1H3,(H,32,37)(H,33,36)/t22-,26+/m0/s1. The number of ether oxygens (including phenoxy) is 2. The fourth-order valence-electron chi connectivity index (χ4n) is 5.47. The Kier molecular flexibility index (Phi) is 8.95. The maximum Gasteiger partial charge on any atom is 0.320 e. The molecule has 2 fully saturated rings. The second kappa shape index (κ2) is 13.0. The number of aromatic nitrogens is 1. The normalized spacial score (nSPS) is 19.1. The molecule has 216 valence electrons. The number of rotatable bonds is 7. The lowest BCUT2D eigenvalue weighted by Gasteiger charge is -2.41. The Morgan fingerprint density at radius 1 is 1.05 bits per heavy atom. The van der Waals surface area contributed by atoms with Gasteiger partial charge in [-0.1, -0.05) is 18.2 Å². The number of urea groups is 1. The third-order valence-corrected chi connectivity index (χ3v) is 7.62. The first-order valence-electron chi connectivity index (χ1n) is 13.8. The lowest BCUT2D eigenvalue weighted by atomic mass is 9.88. The summed E-state index contributed by atoms with van der Waals surface area (Å²) in [7, 11) is 0. The fraction of sp³-hybridized carbons (Fsp3) is 0.400. The highest BCUT2D eigenvalue weighted by Gasteiger charge is 2.35. The van der Waals surface area contributed by atoms with Crippen molar-refractivity contribution in [1.29, 1.82) is 0 Å². The fourth-order valence-corrected chi connectivity index (χ4v) is 5.47. The van der Waals surface area contributed by atoms with Gasteiger partial charge >= 0.3 is 6.03 Å². The van der Waals surface area contributed by atoms with Crippen LogP contribution in [0.4, 0.5) is 4.79 Å². The highest BCUT2D eigenvalue weighted by Crippen LogP contribution is 2.24. The van der Waals surface area contributed by atoms with Crippen LogP contribution in [0.15, 0.2) is 54.6 Å². The SMILES string of the molecule is Cc1cc(COc2ccc(C(=O)N[C@@H]3CCN(C(=O)N4CCOCC4)C[C@@H]3CC(=O)NO)cc2)c2ccccc2n1. The maximum absolute atomic E-state index is 13.1. The number of para-hydroxylation sites is 1. The van der Waals surface area contributed by atoms with Gasteiger partial charge in [0.2, 0.25) is 5.91 Å². The minimum atomic E-state index is -0.561. The van der Waals surface area contributed by atoms with Gasteiger partial charge in [0.1, 0.15) is 12.4 Å². The van der Waals surface area contributed by atoms with E-state index in [-0.39, 0.29) is 30.3 Å². The number of nitrogens with zero attached hydrogens (tertiary/aromatic N) is 3. The van der Waals surface area contributed by atoms with Crippen LogP contribution in [0.2, 0.25) is 0 Å². The summed E-state index contributed by atoms with van der Waals surface area (Å²) in [4.78, 5) is 46.2. The molecule has 2 aromatic carbocycles. The van der Waals surface area contributed by atoms with E-state index >= 15 is 0 Å². The van der Waals surface area contributed by atoms with Gasteiger partial charge in [-0.3, -0.25) is 19.8 Å². The Balaban J connectivity index is 1.20. The molecule has 5 rings (SSSR count). The van der Waals surface area contributed by atoms with Gasteiger partial charge in [-0.2, -0.15) is 0 Å². The Labute approximate surface area is 238 Å². The van der Waals surface area contributed by atoms with Crippen molar-refractivity contribution in [1.82, 2.24) is 25.6 Å². The molecule has 11 nitrogen and oxygen atoms in total. The minimum absolute atomic E-state index is 0.0235. The van der Waals surface area contributed by atoms with Crippen LogP contribution in [0.3, 0.4) is 0 Å². The van der Waals surface area contributed by atoms with Crippen molar-refractivity contribution in [3.63, 3.8) is 0 Å². The topological polar surface area (TPSA) is 133 Å². The number of likely N-dealkylation sites (tertiary alicyclic amines) is 1. The van der Waals surface area contributed by atoms with E-state index in [4.69, 9.17) is 14.7 Å². The average Bonchev–Trinajstić information content (AvgIpc) is 3.00. The Hall–Kier alpha value is -4.22. The molecule has 0 spiro atoms. The zero-order valence-corrected chi connectivity index (χ0v) is 23.0. The maximum atomic E-state index is 13.1. The number of carbonyl (C=O) groups is 3. The molecule has 2 saturated heterocycles. The van der Waals surface area contributed by atoms with Crippen LogP contribution in [0.5, 0.6) is 5.75 Å². The van der Waals surface area contributed by atoms with Crippen LogP contribution < -0.4 is 15.5 Å². The van der Waals surface area contributed by atoms with E-state index in [9.17, 15) is 14.4 Å². The number of nitrogens with one attached hydrogen (secondary N) is 2. The molecule has 11 heteroatoms. The number of pyridine rings is 1. The highest BCUT2D eigenvalue weighted by atomic mass is 16.5. The summed E-state index contributed by atoms with van der Waals surface area (Å²) in [5.74, 6) is -0.563. The quantitative estimate of drug-likeness (QED) is 0.298. The molecule has 0 aliphatic carbocycles. The summed E-state index contributed by atoms with van der Waals surface area (Å²) in [6, 6.07) is 16.4. The number of hydrogen-bond donors (Lipinski definition) is 3. The van der Waals surface area contributed by atoms with Gasteiger partial charge in [0.05, 0.1) is 18.7 Å². The van der Waals surface area contributed by atoms with Gasteiger partial charge in [-0.25, -0.2) is 10.3 Å². The number of benzene rings is 2. The van der Waals surface area contributed by atoms with Gasteiger partial charge < -0.3 is 24.6 Å². The number of carbonyl (C=O) groups excluding carboxylic acids is 3. The number of aryl methyl sites for hydroxylation is 1. The molecule has 0 unspecified atom stereocenters. The van der Waals surface area contributed by atoms with Crippen molar-refractivity contribution in [2.45, 2.75) is 32.4 Å². The van der Waals surface area contributed by atoms with E-state index in [0.29, 0.717) is 63.7 Å². The van der Waals surface area contributed by atoms with E-state index in [1.165, 1.54) is 0 Å². The van der Waals surface area contributed by atoms with Gasteiger partial charge in [-0.15, -0.1) is 0 Å². The number of morpholine rings is 1.